The number of carbonyl (C=O) groups excluding carboxylic acids is 1. The molecule has 0 aliphatic carbocycles. The van der Waals surface area contributed by atoms with Crippen molar-refractivity contribution in [3.8, 4) is 11.1 Å². The van der Waals surface area contributed by atoms with E-state index in [-0.39, 0.29) is 5.91 Å². The fourth-order valence-corrected chi connectivity index (χ4v) is 3.66. The highest BCUT2D eigenvalue weighted by Gasteiger charge is 2.25. The summed E-state index contributed by atoms with van der Waals surface area (Å²) < 4.78 is 1.07. The maximum absolute atomic E-state index is 12.8. The van der Waals surface area contributed by atoms with Crippen LogP contribution in [0.2, 0.25) is 0 Å². The average molecular weight is 426 g/mol. The number of amides is 1. The first kappa shape index (κ1) is 15.3. The molecular formula is C20H15IN2O. The van der Waals surface area contributed by atoms with Gasteiger partial charge in [0.05, 0.1) is 0 Å². The number of benzene rings is 2. The van der Waals surface area contributed by atoms with Crippen LogP contribution in [0.3, 0.4) is 0 Å². The molecule has 4 rings (SSSR count). The largest absolute Gasteiger partial charge is 0.308 e. The van der Waals surface area contributed by atoms with Crippen LogP contribution in [-0.4, -0.2) is 17.4 Å². The van der Waals surface area contributed by atoms with Crippen LogP contribution < -0.4 is 4.90 Å². The van der Waals surface area contributed by atoms with E-state index in [9.17, 15) is 4.79 Å². The number of hydrogen-bond donors (Lipinski definition) is 0. The predicted octanol–water partition coefficient (Wildman–Crippen LogP) is 4.56. The molecule has 0 spiro atoms. The molecule has 3 nitrogen and oxygen atoms in total. The summed E-state index contributed by atoms with van der Waals surface area (Å²) in [5.41, 5.74) is 5.31. The second kappa shape index (κ2) is 6.36. The Morgan fingerprint density at radius 1 is 1.00 bits per heavy atom. The molecule has 2 aromatic carbocycles. The van der Waals surface area contributed by atoms with Gasteiger partial charge in [0.1, 0.15) is 0 Å². The Balaban J connectivity index is 1.66. The van der Waals surface area contributed by atoms with Crippen molar-refractivity contribution in [1.82, 2.24) is 4.98 Å². The predicted molar refractivity (Wildman–Crippen MR) is 104 cm³/mol. The summed E-state index contributed by atoms with van der Waals surface area (Å²) in [5.74, 6) is 0.0731. The van der Waals surface area contributed by atoms with Crippen molar-refractivity contribution in [1.29, 1.82) is 0 Å². The highest BCUT2D eigenvalue weighted by atomic mass is 127. The number of carbonyl (C=O) groups is 1. The van der Waals surface area contributed by atoms with Crippen LogP contribution in [-0.2, 0) is 6.42 Å². The molecule has 1 aromatic heterocycles. The standard InChI is InChI=1S/C20H15IN2O/c21-18-3-1-2-17(13-18)20(24)23-11-8-16-12-15(4-5-19(16)23)14-6-9-22-10-7-14/h1-7,9-10,12-13H,8,11H2. The summed E-state index contributed by atoms with van der Waals surface area (Å²) in [6.45, 7) is 0.736. The molecule has 0 bridgehead atoms. The molecule has 1 amide bonds. The zero-order valence-corrected chi connectivity index (χ0v) is 15.1. The Labute approximate surface area is 154 Å². The lowest BCUT2D eigenvalue weighted by Crippen LogP contribution is -2.28. The van der Waals surface area contributed by atoms with E-state index in [1.54, 1.807) is 12.4 Å². The van der Waals surface area contributed by atoms with Crippen molar-refractivity contribution in [2.45, 2.75) is 6.42 Å². The average Bonchev–Trinajstić information content (AvgIpc) is 3.05. The molecule has 0 radical (unpaired) electrons. The fraction of sp³-hybridized carbons (Fsp3) is 0.100. The van der Waals surface area contributed by atoms with E-state index in [2.05, 4.69) is 45.8 Å². The molecule has 0 unspecified atom stereocenters. The molecule has 24 heavy (non-hydrogen) atoms. The van der Waals surface area contributed by atoms with Gasteiger partial charge in [-0.15, -0.1) is 0 Å². The van der Waals surface area contributed by atoms with Crippen molar-refractivity contribution < 1.29 is 4.79 Å². The highest BCUT2D eigenvalue weighted by Crippen LogP contribution is 2.33. The summed E-state index contributed by atoms with van der Waals surface area (Å²) in [6, 6.07) is 18.1. The van der Waals surface area contributed by atoms with Crippen molar-refractivity contribution in [2.75, 3.05) is 11.4 Å². The number of anilines is 1. The second-order valence-electron chi connectivity index (χ2n) is 5.80. The first-order valence-electron chi connectivity index (χ1n) is 7.83. The van der Waals surface area contributed by atoms with Gasteiger partial charge in [-0.1, -0.05) is 12.1 Å². The number of nitrogens with zero attached hydrogens (tertiary/aromatic N) is 2. The van der Waals surface area contributed by atoms with E-state index >= 15 is 0 Å². The smallest absolute Gasteiger partial charge is 0.258 e. The van der Waals surface area contributed by atoms with Gasteiger partial charge in [0.15, 0.2) is 0 Å². The Morgan fingerprint density at radius 2 is 1.83 bits per heavy atom. The van der Waals surface area contributed by atoms with Crippen LogP contribution in [0.5, 0.6) is 0 Å². The minimum Gasteiger partial charge on any atom is -0.308 e. The fourth-order valence-electron chi connectivity index (χ4n) is 3.11. The molecule has 4 heteroatoms. The maximum atomic E-state index is 12.8. The minimum absolute atomic E-state index is 0.0731. The number of aromatic nitrogens is 1. The Morgan fingerprint density at radius 3 is 2.62 bits per heavy atom. The van der Waals surface area contributed by atoms with Crippen LogP contribution in [0.4, 0.5) is 5.69 Å². The van der Waals surface area contributed by atoms with E-state index < -0.39 is 0 Å². The maximum Gasteiger partial charge on any atom is 0.258 e. The third kappa shape index (κ3) is 2.82. The lowest BCUT2D eigenvalue weighted by atomic mass is 10.0. The van der Waals surface area contributed by atoms with Crippen molar-refractivity contribution >= 4 is 34.2 Å². The summed E-state index contributed by atoms with van der Waals surface area (Å²) in [7, 11) is 0. The molecule has 0 saturated heterocycles. The Kier molecular flexibility index (Phi) is 4.06. The van der Waals surface area contributed by atoms with E-state index in [4.69, 9.17) is 0 Å². The number of halogens is 1. The van der Waals surface area contributed by atoms with E-state index in [0.717, 1.165) is 33.4 Å². The number of fused-ring (bicyclic) bond motifs is 1. The quantitative estimate of drug-likeness (QED) is 0.564. The molecule has 3 aromatic rings. The molecule has 1 aliphatic heterocycles. The van der Waals surface area contributed by atoms with Crippen molar-refractivity contribution in [3.05, 3.63) is 81.7 Å². The number of hydrogen-bond acceptors (Lipinski definition) is 2. The SMILES string of the molecule is O=C(c1cccc(I)c1)N1CCc2cc(-c3ccncc3)ccc21. The van der Waals surface area contributed by atoms with Gasteiger partial charge in [-0.25, -0.2) is 0 Å². The molecular weight excluding hydrogens is 411 g/mol. The van der Waals surface area contributed by atoms with Crippen LogP contribution in [0.1, 0.15) is 15.9 Å². The van der Waals surface area contributed by atoms with E-state index in [1.165, 1.54) is 11.1 Å². The van der Waals surface area contributed by atoms with Crippen LogP contribution in [0, 0.1) is 3.57 Å². The third-order valence-electron chi connectivity index (χ3n) is 4.31. The Hall–Kier alpha value is -2.21. The molecule has 0 fully saturated rings. The summed E-state index contributed by atoms with van der Waals surface area (Å²) in [4.78, 5) is 18.8. The molecule has 2 heterocycles. The summed E-state index contributed by atoms with van der Waals surface area (Å²) in [5, 5.41) is 0. The minimum atomic E-state index is 0.0731. The Bertz CT molecular complexity index is 909. The number of pyridine rings is 1. The first-order valence-corrected chi connectivity index (χ1v) is 8.91. The van der Waals surface area contributed by atoms with E-state index in [0.29, 0.717) is 0 Å². The monoisotopic (exact) mass is 426 g/mol. The van der Waals surface area contributed by atoms with Gasteiger partial charge < -0.3 is 4.90 Å². The summed E-state index contributed by atoms with van der Waals surface area (Å²) in [6.07, 6.45) is 4.49. The second-order valence-corrected chi connectivity index (χ2v) is 7.04. The molecule has 1 aliphatic rings. The molecule has 0 atom stereocenters. The third-order valence-corrected chi connectivity index (χ3v) is 4.98. The zero-order valence-electron chi connectivity index (χ0n) is 12.9. The molecule has 0 N–H and O–H groups in total. The van der Waals surface area contributed by atoms with Crippen molar-refractivity contribution in [3.63, 3.8) is 0 Å². The van der Waals surface area contributed by atoms with Gasteiger partial charge >= 0.3 is 0 Å². The normalized spacial score (nSPS) is 13.0. The van der Waals surface area contributed by atoms with Crippen LogP contribution in [0.15, 0.2) is 67.0 Å². The van der Waals surface area contributed by atoms with Gasteiger partial charge in [-0.05, 0) is 88.2 Å². The zero-order chi connectivity index (χ0) is 16.5. The molecule has 0 saturated carbocycles. The number of rotatable bonds is 2. The highest BCUT2D eigenvalue weighted by molar-refractivity contribution is 14.1. The lowest BCUT2D eigenvalue weighted by molar-refractivity contribution is 0.0989. The van der Waals surface area contributed by atoms with Gasteiger partial charge in [0, 0.05) is 33.8 Å². The van der Waals surface area contributed by atoms with Gasteiger partial charge in [-0.3, -0.25) is 9.78 Å². The van der Waals surface area contributed by atoms with Gasteiger partial charge in [-0.2, -0.15) is 0 Å². The first-order chi connectivity index (χ1) is 11.7. The lowest BCUT2D eigenvalue weighted by Gasteiger charge is -2.18. The molecule has 118 valence electrons. The van der Waals surface area contributed by atoms with E-state index in [1.807, 2.05) is 41.3 Å². The summed E-state index contributed by atoms with van der Waals surface area (Å²) >= 11 is 2.24. The van der Waals surface area contributed by atoms with Gasteiger partial charge in [0.25, 0.3) is 5.91 Å². The van der Waals surface area contributed by atoms with Gasteiger partial charge in [0.2, 0.25) is 0 Å². The van der Waals surface area contributed by atoms with Crippen LogP contribution >= 0.6 is 22.6 Å². The van der Waals surface area contributed by atoms with Crippen molar-refractivity contribution in [2.24, 2.45) is 0 Å². The topological polar surface area (TPSA) is 33.2 Å². The van der Waals surface area contributed by atoms with Crippen LogP contribution in [0.25, 0.3) is 11.1 Å².